The molecule has 0 aliphatic rings. The van der Waals surface area contributed by atoms with Crippen molar-refractivity contribution in [1.29, 1.82) is 0 Å². The Labute approximate surface area is 128 Å². The molecule has 5 heteroatoms. The van der Waals surface area contributed by atoms with E-state index in [1.165, 1.54) is 0 Å². The van der Waals surface area contributed by atoms with Crippen molar-refractivity contribution in [1.82, 2.24) is 0 Å². The lowest BCUT2D eigenvalue weighted by molar-refractivity contribution is -0.707. The first-order valence-corrected chi connectivity index (χ1v) is 7.38. The van der Waals surface area contributed by atoms with Crippen LogP contribution in [0.1, 0.15) is 19.1 Å². The predicted molar refractivity (Wildman–Crippen MR) is 81.0 cm³/mol. The van der Waals surface area contributed by atoms with Crippen LogP contribution in [0.5, 0.6) is 0 Å². The van der Waals surface area contributed by atoms with Gasteiger partial charge in [-0.2, -0.15) is 0 Å². The number of aliphatic hydroxyl groups excluding tert-OH is 1. The molecular weight excluding hydrogens is 297 g/mol. The highest BCUT2D eigenvalue weighted by atomic mass is 35.5. The molecule has 0 bridgehead atoms. The zero-order chi connectivity index (χ0) is 14.5. The van der Waals surface area contributed by atoms with Crippen molar-refractivity contribution in [3.05, 3.63) is 46.1 Å². The summed E-state index contributed by atoms with van der Waals surface area (Å²) in [6, 6.07) is 9.38. The van der Waals surface area contributed by atoms with Crippen molar-refractivity contribution in [2.75, 3.05) is 6.61 Å². The van der Waals surface area contributed by atoms with Gasteiger partial charge in [-0.15, -0.1) is 0 Å². The third kappa shape index (κ3) is 3.76. The van der Waals surface area contributed by atoms with Crippen LogP contribution in [0.15, 0.2) is 34.7 Å². The minimum absolute atomic E-state index is 0.174. The van der Waals surface area contributed by atoms with E-state index in [1.807, 2.05) is 18.2 Å². The van der Waals surface area contributed by atoms with Crippen LogP contribution in [0.4, 0.5) is 0 Å². The van der Waals surface area contributed by atoms with Gasteiger partial charge in [0.2, 0.25) is 0 Å². The second kappa shape index (κ2) is 7.14. The van der Waals surface area contributed by atoms with Crippen molar-refractivity contribution < 1.29 is 14.8 Å². The maximum Gasteiger partial charge on any atom is 0.158 e. The molecule has 0 fully saturated rings. The minimum Gasteiger partial charge on any atom is -0.455 e. The third-order valence-electron chi connectivity index (χ3n) is 3.27. The molecule has 1 aromatic carbocycles. The van der Waals surface area contributed by atoms with E-state index in [1.54, 1.807) is 12.1 Å². The average Bonchev–Trinajstić information content (AvgIpc) is 2.88. The van der Waals surface area contributed by atoms with Gasteiger partial charge in [0.1, 0.15) is 18.3 Å². The van der Waals surface area contributed by atoms with Crippen molar-refractivity contribution in [2.24, 2.45) is 0 Å². The zero-order valence-corrected chi connectivity index (χ0v) is 12.8. The number of rotatable bonds is 6. The van der Waals surface area contributed by atoms with Gasteiger partial charge in [-0.05, 0) is 36.8 Å². The molecule has 0 unspecified atom stereocenters. The number of benzene rings is 1. The molecule has 0 amide bonds. The monoisotopic (exact) mass is 314 g/mol. The predicted octanol–water partition coefficient (Wildman–Crippen LogP) is 3.09. The van der Waals surface area contributed by atoms with Gasteiger partial charge in [-0.25, -0.2) is 0 Å². The third-order valence-corrected chi connectivity index (χ3v) is 3.82. The maximum absolute atomic E-state index is 9.16. The van der Waals surface area contributed by atoms with Gasteiger partial charge < -0.3 is 14.8 Å². The van der Waals surface area contributed by atoms with E-state index in [9.17, 15) is 0 Å². The fourth-order valence-corrected chi connectivity index (χ4v) is 2.48. The van der Waals surface area contributed by atoms with Crippen LogP contribution in [-0.4, -0.2) is 17.8 Å². The molecule has 0 saturated carbocycles. The summed E-state index contributed by atoms with van der Waals surface area (Å²) < 4.78 is 5.79. The van der Waals surface area contributed by atoms with Crippen molar-refractivity contribution in [2.45, 2.75) is 25.9 Å². The Kier molecular flexibility index (Phi) is 5.49. The number of furan rings is 1. The molecule has 1 aromatic heterocycles. The van der Waals surface area contributed by atoms with E-state index >= 15 is 0 Å². The fourth-order valence-electron chi connectivity index (χ4n) is 1.97. The summed E-state index contributed by atoms with van der Waals surface area (Å²) in [5.41, 5.74) is 0.830. The van der Waals surface area contributed by atoms with Gasteiger partial charge in [-0.1, -0.05) is 30.1 Å². The van der Waals surface area contributed by atoms with E-state index in [-0.39, 0.29) is 12.6 Å². The lowest BCUT2D eigenvalue weighted by atomic mass is 10.2. The summed E-state index contributed by atoms with van der Waals surface area (Å²) in [7, 11) is 0. The Morgan fingerprint density at radius 3 is 2.70 bits per heavy atom. The highest BCUT2D eigenvalue weighted by Crippen LogP contribution is 2.31. The van der Waals surface area contributed by atoms with E-state index in [2.05, 4.69) is 12.2 Å². The second-order valence-corrected chi connectivity index (χ2v) is 5.52. The number of aliphatic hydroxyl groups is 1. The van der Waals surface area contributed by atoms with Crippen LogP contribution < -0.4 is 5.32 Å². The number of halogens is 2. The molecule has 1 atom stereocenters. The molecule has 0 aliphatic carbocycles. The topological polar surface area (TPSA) is 50.0 Å². The normalized spacial score (nSPS) is 12.6. The second-order valence-electron chi connectivity index (χ2n) is 4.68. The molecule has 0 spiro atoms. The highest BCUT2D eigenvalue weighted by Gasteiger charge is 2.12. The molecule has 3 nitrogen and oxygen atoms in total. The smallest absolute Gasteiger partial charge is 0.158 e. The van der Waals surface area contributed by atoms with Gasteiger partial charge in [0.25, 0.3) is 0 Å². The van der Waals surface area contributed by atoms with Gasteiger partial charge in [0.05, 0.1) is 11.6 Å². The Morgan fingerprint density at radius 1 is 1.25 bits per heavy atom. The molecule has 2 rings (SSSR count). The molecule has 108 valence electrons. The first-order chi connectivity index (χ1) is 9.63. The van der Waals surface area contributed by atoms with Crippen LogP contribution in [0.25, 0.3) is 11.3 Å². The van der Waals surface area contributed by atoms with E-state index < -0.39 is 0 Å². The summed E-state index contributed by atoms with van der Waals surface area (Å²) >= 11 is 12.0. The lowest BCUT2D eigenvalue weighted by Gasteiger charge is -2.08. The van der Waals surface area contributed by atoms with Crippen molar-refractivity contribution in [3.8, 4) is 11.3 Å². The number of hydrogen-bond donors (Lipinski definition) is 2. The SMILES string of the molecule is CC[C@H](CO)[NH2+]Cc1ccc(-c2ccc(Cl)cc2Cl)o1. The standard InChI is InChI=1S/C15H17Cl2NO2/c1-2-11(9-19)18-8-12-4-6-15(20-12)13-5-3-10(16)7-14(13)17/h3-7,11,18-19H,2,8-9H2,1H3/p+1/t11-/m1/s1. The Hall–Kier alpha value is -1.00. The first kappa shape index (κ1) is 15.4. The summed E-state index contributed by atoms with van der Waals surface area (Å²) in [5, 5.41) is 12.4. The number of quaternary nitrogens is 1. The largest absolute Gasteiger partial charge is 0.455 e. The Bertz CT molecular complexity index is 565. The van der Waals surface area contributed by atoms with Gasteiger partial charge in [0.15, 0.2) is 5.76 Å². The molecule has 1 heterocycles. The highest BCUT2D eigenvalue weighted by molar-refractivity contribution is 6.36. The Morgan fingerprint density at radius 2 is 2.05 bits per heavy atom. The maximum atomic E-state index is 9.16. The summed E-state index contributed by atoms with van der Waals surface area (Å²) in [6.07, 6.45) is 0.924. The lowest BCUT2D eigenvalue weighted by Crippen LogP contribution is -2.89. The quantitative estimate of drug-likeness (QED) is 0.860. The minimum atomic E-state index is 0.174. The number of hydrogen-bond acceptors (Lipinski definition) is 2. The van der Waals surface area contributed by atoms with Crippen molar-refractivity contribution >= 4 is 23.2 Å². The Balaban J connectivity index is 2.08. The molecule has 0 radical (unpaired) electrons. The number of nitrogens with two attached hydrogens (primary N) is 1. The van der Waals surface area contributed by atoms with Crippen LogP contribution in [0.2, 0.25) is 10.0 Å². The van der Waals surface area contributed by atoms with Crippen LogP contribution in [0.3, 0.4) is 0 Å². The van der Waals surface area contributed by atoms with E-state index in [0.29, 0.717) is 16.6 Å². The van der Waals surface area contributed by atoms with Crippen LogP contribution >= 0.6 is 23.2 Å². The summed E-state index contributed by atoms with van der Waals surface area (Å²) in [4.78, 5) is 0. The van der Waals surface area contributed by atoms with Gasteiger partial charge >= 0.3 is 0 Å². The van der Waals surface area contributed by atoms with Crippen molar-refractivity contribution in [3.63, 3.8) is 0 Å². The van der Waals surface area contributed by atoms with Gasteiger partial charge in [0, 0.05) is 10.6 Å². The van der Waals surface area contributed by atoms with E-state index in [0.717, 1.165) is 23.5 Å². The average molecular weight is 315 g/mol. The first-order valence-electron chi connectivity index (χ1n) is 6.62. The molecule has 20 heavy (non-hydrogen) atoms. The fraction of sp³-hybridized carbons (Fsp3) is 0.333. The van der Waals surface area contributed by atoms with Crippen LogP contribution in [0, 0.1) is 0 Å². The zero-order valence-electron chi connectivity index (χ0n) is 11.3. The molecular formula is C15H18Cl2NO2+. The molecule has 3 N–H and O–H groups in total. The summed E-state index contributed by atoms with van der Waals surface area (Å²) in [6.45, 7) is 2.93. The molecule has 0 saturated heterocycles. The summed E-state index contributed by atoms with van der Waals surface area (Å²) in [5.74, 6) is 1.59. The molecule has 0 aliphatic heterocycles. The van der Waals surface area contributed by atoms with Gasteiger partial charge in [-0.3, -0.25) is 0 Å². The van der Waals surface area contributed by atoms with Crippen LogP contribution in [-0.2, 0) is 6.54 Å². The van der Waals surface area contributed by atoms with E-state index in [4.69, 9.17) is 32.7 Å². The molecule has 2 aromatic rings.